The second-order valence-electron chi connectivity index (χ2n) is 7.07. The maximum atomic E-state index is 13.2. The Kier molecular flexibility index (Phi) is 11.0. The summed E-state index contributed by atoms with van der Waals surface area (Å²) in [6.45, 7) is 4.75. The fraction of sp³-hybridized carbons (Fsp3) is 0.391. The van der Waals surface area contributed by atoms with Crippen molar-refractivity contribution in [2.45, 2.75) is 45.0 Å². The molecule has 1 N–H and O–H groups in total. The molecule has 0 radical (unpaired) electrons. The molecule has 0 aliphatic rings. The lowest BCUT2D eigenvalue weighted by Gasteiger charge is -2.30. The lowest BCUT2D eigenvalue weighted by Crippen LogP contribution is -2.49. The zero-order chi connectivity index (χ0) is 22.8. The number of halogens is 3. The molecule has 8 heteroatoms. The largest absolute Gasteiger partial charge is 0.354 e. The van der Waals surface area contributed by atoms with E-state index in [2.05, 4.69) is 5.32 Å². The minimum atomic E-state index is -0.561. The lowest BCUT2D eigenvalue weighted by atomic mass is 10.1. The summed E-state index contributed by atoms with van der Waals surface area (Å²) in [6, 6.07) is 12.3. The van der Waals surface area contributed by atoms with E-state index in [9.17, 15) is 9.59 Å². The predicted octanol–water partition coefficient (Wildman–Crippen LogP) is 6.21. The molecule has 0 aliphatic heterocycles. The van der Waals surface area contributed by atoms with Gasteiger partial charge >= 0.3 is 0 Å². The van der Waals surface area contributed by atoms with Gasteiger partial charge in [-0.25, -0.2) is 0 Å². The lowest BCUT2D eigenvalue weighted by molar-refractivity contribution is -0.139. The van der Waals surface area contributed by atoms with E-state index in [4.69, 9.17) is 34.8 Å². The van der Waals surface area contributed by atoms with Gasteiger partial charge in [-0.05, 0) is 42.2 Å². The number of nitrogens with zero attached hydrogens (tertiary/aromatic N) is 1. The summed E-state index contributed by atoms with van der Waals surface area (Å²) in [5, 5.41) is 4.46. The van der Waals surface area contributed by atoms with Crippen LogP contribution >= 0.6 is 46.6 Å². The van der Waals surface area contributed by atoms with E-state index in [1.54, 1.807) is 17.0 Å². The molecule has 0 aliphatic carbocycles. The average molecular weight is 502 g/mol. The zero-order valence-corrected chi connectivity index (χ0v) is 20.8. The number of hydrogen-bond donors (Lipinski definition) is 1. The number of thioether (sulfide) groups is 1. The molecular formula is C23H27Cl3N2O2S. The van der Waals surface area contributed by atoms with Crippen LogP contribution in [0.3, 0.4) is 0 Å². The highest BCUT2D eigenvalue weighted by atomic mass is 35.5. The van der Waals surface area contributed by atoms with E-state index in [0.717, 1.165) is 17.5 Å². The van der Waals surface area contributed by atoms with Crippen molar-refractivity contribution < 1.29 is 9.59 Å². The van der Waals surface area contributed by atoms with Crippen LogP contribution in [0.5, 0.6) is 0 Å². The molecule has 0 fully saturated rings. The SMILES string of the molecule is CCCNC(=O)[C@H](CC)N(Cc1ccc(Cl)c(Cl)c1)C(=O)CSCc1ccccc1Cl. The number of benzene rings is 2. The van der Waals surface area contributed by atoms with Crippen LogP contribution < -0.4 is 5.32 Å². The highest BCUT2D eigenvalue weighted by molar-refractivity contribution is 7.99. The van der Waals surface area contributed by atoms with Crippen molar-refractivity contribution in [2.24, 2.45) is 0 Å². The minimum absolute atomic E-state index is 0.110. The van der Waals surface area contributed by atoms with Gasteiger partial charge in [0.05, 0.1) is 15.8 Å². The summed E-state index contributed by atoms with van der Waals surface area (Å²) < 4.78 is 0. The van der Waals surface area contributed by atoms with E-state index in [1.165, 1.54) is 11.8 Å². The third-order valence-electron chi connectivity index (χ3n) is 4.71. The molecule has 0 heterocycles. The van der Waals surface area contributed by atoms with Crippen LogP contribution in [0.25, 0.3) is 0 Å². The Morgan fingerprint density at radius 3 is 2.42 bits per heavy atom. The van der Waals surface area contributed by atoms with Gasteiger partial charge in [0.25, 0.3) is 0 Å². The topological polar surface area (TPSA) is 49.4 Å². The Bertz CT molecular complexity index is 895. The van der Waals surface area contributed by atoms with Crippen LogP contribution in [-0.2, 0) is 21.9 Å². The van der Waals surface area contributed by atoms with Crippen molar-refractivity contribution in [3.8, 4) is 0 Å². The maximum absolute atomic E-state index is 13.2. The van der Waals surface area contributed by atoms with Crippen molar-refractivity contribution in [3.63, 3.8) is 0 Å². The Morgan fingerprint density at radius 2 is 1.77 bits per heavy atom. The predicted molar refractivity (Wildman–Crippen MR) is 132 cm³/mol. The Morgan fingerprint density at radius 1 is 1.03 bits per heavy atom. The maximum Gasteiger partial charge on any atom is 0.242 e. The number of rotatable bonds is 11. The highest BCUT2D eigenvalue weighted by Crippen LogP contribution is 2.25. The second-order valence-corrected chi connectivity index (χ2v) is 9.28. The summed E-state index contributed by atoms with van der Waals surface area (Å²) in [5.74, 6) is 0.602. The molecular weight excluding hydrogens is 475 g/mol. The van der Waals surface area contributed by atoms with Crippen LogP contribution in [-0.4, -0.2) is 35.1 Å². The van der Waals surface area contributed by atoms with Gasteiger partial charge in [-0.15, -0.1) is 11.8 Å². The first-order valence-electron chi connectivity index (χ1n) is 10.2. The van der Waals surface area contributed by atoms with Crippen molar-refractivity contribution in [1.82, 2.24) is 10.2 Å². The van der Waals surface area contributed by atoms with Crippen LogP contribution in [0, 0.1) is 0 Å². The third kappa shape index (κ3) is 7.90. The first-order valence-corrected chi connectivity index (χ1v) is 12.5. The van der Waals surface area contributed by atoms with Gasteiger partial charge in [-0.2, -0.15) is 0 Å². The number of hydrogen-bond acceptors (Lipinski definition) is 3. The molecule has 2 aromatic carbocycles. The normalized spacial score (nSPS) is 11.8. The molecule has 0 spiro atoms. The second kappa shape index (κ2) is 13.2. The molecule has 4 nitrogen and oxygen atoms in total. The van der Waals surface area contributed by atoms with E-state index < -0.39 is 6.04 Å². The minimum Gasteiger partial charge on any atom is -0.354 e. The van der Waals surface area contributed by atoms with Gasteiger partial charge in [0.1, 0.15) is 6.04 Å². The van der Waals surface area contributed by atoms with E-state index in [-0.39, 0.29) is 24.1 Å². The first kappa shape index (κ1) is 25.9. The molecule has 0 aromatic heterocycles. The van der Waals surface area contributed by atoms with Gasteiger partial charge < -0.3 is 10.2 Å². The molecule has 0 saturated heterocycles. The van der Waals surface area contributed by atoms with Crippen LogP contribution in [0.15, 0.2) is 42.5 Å². The van der Waals surface area contributed by atoms with Crippen molar-refractivity contribution >= 4 is 58.4 Å². The molecule has 0 bridgehead atoms. The fourth-order valence-corrected chi connectivity index (χ4v) is 4.58. The van der Waals surface area contributed by atoms with Crippen molar-refractivity contribution in [3.05, 3.63) is 68.7 Å². The molecule has 2 rings (SSSR count). The molecule has 168 valence electrons. The number of amides is 2. The average Bonchev–Trinajstić information content (AvgIpc) is 2.75. The Balaban J connectivity index is 2.16. The van der Waals surface area contributed by atoms with Gasteiger partial charge in [-0.1, -0.05) is 72.9 Å². The van der Waals surface area contributed by atoms with E-state index >= 15 is 0 Å². The van der Waals surface area contributed by atoms with Gasteiger partial charge in [-0.3, -0.25) is 9.59 Å². The highest BCUT2D eigenvalue weighted by Gasteiger charge is 2.28. The van der Waals surface area contributed by atoms with Crippen LogP contribution in [0.4, 0.5) is 0 Å². The van der Waals surface area contributed by atoms with Crippen LogP contribution in [0.1, 0.15) is 37.8 Å². The first-order chi connectivity index (χ1) is 14.9. The Labute approximate surface area is 203 Å². The zero-order valence-electron chi connectivity index (χ0n) is 17.7. The summed E-state index contributed by atoms with van der Waals surface area (Å²) in [7, 11) is 0. The summed E-state index contributed by atoms with van der Waals surface area (Å²) in [6.07, 6.45) is 1.34. The van der Waals surface area contributed by atoms with Crippen molar-refractivity contribution in [2.75, 3.05) is 12.3 Å². The van der Waals surface area contributed by atoms with E-state index in [1.807, 2.05) is 44.2 Å². The van der Waals surface area contributed by atoms with Gasteiger partial charge in [0, 0.05) is 23.9 Å². The molecule has 2 amide bonds. The van der Waals surface area contributed by atoms with Crippen molar-refractivity contribution in [1.29, 1.82) is 0 Å². The van der Waals surface area contributed by atoms with E-state index in [0.29, 0.717) is 33.8 Å². The molecule has 1 atom stereocenters. The van der Waals surface area contributed by atoms with Gasteiger partial charge in [0.15, 0.2) is 0 Å². The number of carbonyl (C=O) groups is 2. The smallest absolute Gasteiger partial charge is 0.242 e. The monoisotopic (exact) mass is 500 g/mol. The van der Waals surface area contributed by atoms with Gasteiger partial charge in [0.2, 0.25) is 11.8 Å². The third-order valence-corrected chi connectivity index (χ3v) is 6.79. The summed E-state index contributed by atoms with van der Waals surface area (Å²) in [5.41, 5.74) is 1.80. The summed E-state index contributed by atoms with van der Waals surface area (Å²) in [4.78, 5) is 27.6. The Hall–Kier alpha value is -1.40. The number of nitrogens with one attached hydrogen (secondary N) is 1. The fourth-order valence-electron chi connectivity index (χ4n) is 3.07. The molecule has 2 aromatic rings. The molecule has 0 saturated carbocycles. The number of carbonyl (C=O) groups excluding carboxylic acids is 2. The van der Waals surface area contributed by atoms with Crippen LogP contribution in [0.2, 0.25) is 15.1 Å². The molecule has 0 unspecified atom stereocenters. The standard InChI is InChI=1S/C23H27Cl3N2O2S/c1-3-11-27-23(30)21(4-2)28(13-16-9-10-19(25)20(26)12-16)22(29)15-31-14-17-7-5-6-8-18(17)24/h5-10,12,21H,3-4,11,13-15H2,1-2H3,(H,27,30)/t21-/m0/s1. The summed E-state index contributed by atoms with van der Waals surface area (Å²) >= 11 is 19.9. The molecule has 31 heavy (non-hydrogen) atoms. The quantitative estimate of drug-likeness (QED) is 0.398.